The fourth-order valence-electron chi connectivity index (χ4n) is 2.89. The first-order chi connectivity index (χ1) is 11.3. The van der Waals surface area contributed by atoms with Crippen LogP contribution >= 0.6 is 0 Å². The van der Waals surface area contributed by atoms with Crippen LogP contribution in [0.1, 0.15) is 39.2 Å². The van der Waals surface area contributed by atoms with Crippen LogP contribution in [0.4, 0.5) is 9.18 Å². The minimum absolute atomic E-state index is 0.284. The van der Waals surface area contributed by atoms with E-state index in [4.69, 9.17) is 9.15 Å². The van der Waals surface area contributed by atoms with Crippen LogP contribution in [-0.2, 0) is 4.74 Å². The van der Waals surface area contributed by atoms with Gasteiger partial charge in [-0.3, -0.25) is 0 Å². The van der Waals surface area contributed by atoms with Crippen LogP contribution < -0.4 is 0 Å². The standard InChI is InChI=1S/C19H22FNO3/c1-19(2,3)24-18(22)21-8-4-5-13(6-9-21)16-12-15(20)11-14-7-10-23-17(14)16/h6-7,10-12H,4-5,8-9H2,1-3H3. The Morgan fingerprint density at radius 3 is 2.88 bits per heavy atom. The molecule has 0 bridgehead atoms. The maximum Gasteiger partial charge on any atom is 0.410 e. The summed E-state index contributed by atoms with van der Waals surface area (Å²) in [6, 6.07) is 4.72. The molecule has 24 heavy (non-hydrogen) atoms. The first kappa shape index (κ1) is 16.6. The van der Waals surface area contributed by atoms with Crippen molar-refractivity contribution in [1.29, 1.82) is 0 Å². The number of amides is 1. The molecule has 0 spiro atoms. The second kappa shape index (κ2) is 6.30. The van der Waals surface area contributed by atoms with Crippen molar-refractivity contribution in [3.63, 3.8) is 0 Å². The van der Waals surface area contributed by atoms with E-state index in [1.165, 1.54) is 12.1 Å². The number of benzene rings is 1. The molecule has 128 valence electrons. The molecule has 0 N–H and O–H groups in total. The monoisotopic (exact) mass is 331 g/mol. The minimum atomic E-state index is -0.515. The van der Waals surface area contributed by atoms with Crippen LogP contribution in [0.15, 0.2) is 35.0 Å². The molecule has 0 radical (unpaired) electrons. The van der Waals surface area contributed by atoms with Crippen molar-refractivity contribution in [2.45, 2.75) is 39.2 Å². The van der Waals surface area contributed by atoms with Crippen LogP contribution in [0.5, 0.6) is 0 Å². The maximum absolute atomic E-state index is 13.9. The lowest BCUT2D eigenvalue weighted by atomic mass is 9.99. The van der Waals surface area contributed by atoms with Gasteiger partial charge in [-0.05, 0) is 57.4 Å². The minimum Gasteiger partial charge on any atom is -0.464 e. The van der Waals surface area contributed by atoms with E-state index in [1.54, 1.807) is 17.2 Å². The smallest absolute Gasteiger partial charge is 0.410 e. The Morgan fingerprint density at radius 2 is 2.12 bits per heavy atom. The lowest BCUT2D eigenvalue weighted by Crippen LogP contribution is -2.37. The third-order valence-corrected chi connectivity index (χ3v) is 3.95. The molecule has 0 atom stereocenters. The number of rotatable bonds is 1. The Morgan fingerprint density at radius 1 is 1.33 bits per heavy atom. The largest absolute Gasteiger partial charge is 0.464 e. The van der Waals surface area contributed by atoms with E-state index < -0.39 is 5.60 Å². The first-order valence-electron chi connectivity index (χ1n) is 8.17. The number of furan rings is 1. The van der Waals surface area contributed by atoms with E-state index in [0.29, 0.717) is 18.7 Å². The van der Waals surface area contributed by atoms with Crippen molar-refractivity contribution in [2.75, 3.05) is 13.1 Å². The van der Waals surface area contributed by atoms with Gasteiger partial charge in [0.25, 0.3) is 0 Å². The fourth-order valence-corrected chi connectivity index (χ4v) is 2.89. The topological polar surface area (TPSA) is 42.7 Å². The second-order valence-corrected chi connectivity index (χ2v) is 7.05. The van der Waals surface area contributed by atoms with Gasteiger partial charge in [-0.15, -0.1) is 0 Å². The molecule has 1 aliphatic rings. The molecule has 1 aromatic heterocycles. The molecule has 0 fully saturated rings. The summed E-state index contributed by atoms with van der Waals surface area (Å²) in [5.41, 5.74) is 1.94. The van der Waals surface area contributed by atoms with Gasteiger partial charge in [0.05, 0.1) is 6.26 Å². The van der Waals surface area contributed by atoms with Gasteiger partial charge in [0.1, 0.15) is 17.0 Å². The summed E-state index contributed by atoms with van der Waals surface area (Å²) in [5.74, 6) is -0.284. The number of carbonyl (C=O) groups excluding carboxylic acids is 1. The molecule has 3 rings (SSSR count). The zero-order valence-corrected chi connectivity index (χ0v) is 14.3. The highest BCUT2D eigenvalue weighted by Gasteiger charge is 2.23. The Bertz CT molecular complexity index is 785. The number of ether oxygens (including phenoxy) is 1. The third kappa shape index (κ3) is 3.61. The number of nitrogens with zero attached hydrogens (tertiary/aromatic N) is 1. The van der Waals surface area contributed by atoms with Gasteiger partial charge in [-0.2, -0.15) is 0 Å². The third-order valence-electron chi connectivity index (χ3n) is 3.95. The molecule has 2 aromatic rings. The molecule has 4 nitrogen and oxygen atoms in total. The van der Waals surface area contributed by atoms with Crippen LogP contribution in [-0.4, -0.2) is 29.7 Å². The predicted molar refractivity (Wildman–Crippen MR) is 91.2 cm³/mol. The van der Waals surface area contributed by atoms with Gasteiger partial charge in [0, 0.05) is 24.0 Å². The highest BCUT2D eigenvalue weighted by Crippen LogP contribution is 2.31. The maximum atomic E-state index is 13.9. The van der Waals surface area contributed by atoms with E-state index >= 15 is 0 Å². The van der Waals surface area contributed by atoms with E-state index in [1.807, 2.05) is 26.8 Å². The van der Waals surface area contributed by atoms with Crippen molar-refractivity contribution >= 4 is 22.6 Å². The lowest BCUT2D eigenvalue weighted by Gasteiger charge is -2.25. The predicted octanol–water partition coefficient (Wildman–Crippen LogP) is 4.99. The molecule has 0 unspecified atom stereocenters. The summed E-state index contributed by atoms with van der Waals surface area (Å²) in [5, 5.41) is 0.749. The molecule has 0 aliphatic carbocycles. The number of carbonyl (C=O) groups is 1. The van der Waals surface area contributed by atoms with Crippen LogP contribution in [0.25, 0.3) is 16.5 Å². The van der Waals surface area contributed by atoms with E-state index in [0.717, 1.165) is 29.4 Å². The van der Waals surface area contributed by atoms with Crippen LogP contribution in [0.2, 0.25) is 0 Å². The Hall–Kier alpha value is -2.30. The molecule has 5 heteroatoms. The Balaban J connectivity index is 1.85. The molecular weight excluding hydrogens is 309 g/mol. The van der Waals surface area contributed by atoms with E-state index in [2.05, 4.69) is 0 Å². The summed E-state index contributed by atoms with van der Waals surface area (Å²) in [6.45, 7) is 6.62. The SMILES string of the molecule is CC(C)(C)OC(=O)N1CC=C(c2cc(F)cc3ccoc23)CCC1. The molecule has 0 saturated heterocycles. The summed E-state index contributed by atoms with van der Waals surface area (Å²) in [6.07, 6.45) is 4.77. The van der Waals surface area contributed by atoms with Crippen molar-refractivity contribution < 1.29 is 18.3 Å². The van der Waals surface area contributed by atoms with E-state index in [9.17, 15) is 9.18 Å². The van der Waals surface area contributed by atoms with Gasteiger partial charge in [-0.25, -0.2) is 9.18 Å². The number of hydrogen-bond donors (Lipinski definition) is 0. The summed E-state index contributed by atoms with van der Waals surface area (Å²) >= 11 is 0. The van der Waals surface area contributed by atoms with Gasteiger partial charge in [0.15, 0.2) is 0 Å². The van der Waals surface area contributed by atoms with Crippen LogP contribution in [0, 0.1) is 5.82 Å². The zero-order valence-electron chi connectivity index (χ0n) is 14.3. The average Bonchev–Trinajstić information content (AvgIpc) is 2.80. The van der Waals surface area contributed by atoms with E-state index in [-0.39, 0.29) is 11.9 Å². The van der Waals surface area contributed by atoms with Crippen LogP contribution in [0.3, 0.4) is 0 Å². The summed E-state index contributed by atoms with van der Waals surface area (Å²) in [4.78, 5) is 13.9. The van der Waals surface area contributed by atoms with Crippen molar-refractivity contribution in [2.24, 2.45) is 0 Å². The Labute approximate surface area is 140 Å². The highest BCUT2D eigenvalue weighted by atomic mass is 19.1. The first-order valence-corrected chi connectivity index (χ1v) is 8.17. The quantitative estimate of drug-likeness (QED) is 0.739. The zero-order chi connectivity index (χ0) is 17.3. The molecule has 1 aliphatic heterocycles. The van der Waals surface area contributed by atoms with Gasteiger partial charge in [0.2, 0.25) is 0 Å². The molecular formula is C19H22FNO3. The molecule has 1 amide bonds. The summed E-state index contributed by atoms with van der Waals surface area (Å²) in [7, 11) is 0. The summed E-state index contributed by atoms with van der Waals surface area (Å²) < 4.78 is 24.8. The van der Waals surface area contributed by atoms with Crippen molar-refractivity contribution in [3.05, 3.63) is 41.9 Å². The molecule has 1 aromatic carbocycles. The molecule has 2 heterocycles. The number of allylic oxidation sites excluding steroid dienone is 1. The van der Waals surface area contributed by atoms with Gasteiger partial charge < -0.3 is 14.1 Å². The number of fused-ring (bicyclic) bond motifs is 1. The molecule has 0 saturated carbocycles. The second-order valence-electron chi connectivity index (χ2n) is 7.05. The Kier molecular flexibility index (Phi) is 4.35. The number of halogens is 1. The van der Waals surface area contributed by atoms with Gasteiger partial charge >= 0.3 is 6.09 Å². The van der Waals surface area contributed by atoms with Gasteiger partial charge in [-0.1, -0.05) is 6.08 Å². The van der Waals surface area contributed by atoms with Crippen molar-refractivity contribution in [3.8, 4) is 0 Å². The highest BCUT2D eigenvalue weighted by molar-refractivity contribution is 5.90. The average molecular weight is 331 g/mol. The lowest BCUT2D eigenvalue weighted by molar-refractivity contribution is 0.0273. The number of hydrogen-bond acceptors (Lipinski definition) is 3. The van der Waals surface area contributed by atoms with Crippen molar-refractivity contribution in [1.82, 2.24) is 4.90 Å². The fraction of sp³-hybridized carbons (Fsp3) is 0.421. The normalized spacial score (nSPS) is 16.0.